The zero-order valence-electron chi connectivity index (χ0n) is 48.3. The molecule has 0 aliphatic carbocycles. The van der Waals surface area contributed by atoms with Gasteiger partial charge in [-0.15, -0.1) is 0 Å². The van der Waals surface area contributed by atoms with Crippen LogP contribution in [0.25, 0.3) is 0 Å². The van der Waals surface area contributed by atoms with Crippen molar-refractivity contribution in [1.29, 1.82) is 0 Å². The molecule has 9 atom stereocenters. The first kappa shape index (κ1) is 60.4. The number of hydrogen-bond donors (Lipinski definition) is 0. The lowest BCUT2D eigenvalue weighted by Gasteiger charge is -2.49. The van der Waals surface area contributed by atoms with Gasteiger partial charge in [-0.1, -0.05) is 224 Å². The van der Waals surface area contributed by atoms with Crippen molar-refractivity contribution < 1.29 is 51.5 Å². The Bertz CT molecular complexity index is 2670. The molecule has 2 heterocycles. The Morgan fingerprint density at radius 1 is 0.392 bits per heavy atom. The van der Waals surface area contributed by atoms with Gasteiger partial charge in [0.05, 0.1) is 52.9 Å². The highest BCUT2D eigenvalue weighted by Gasteiger charge is 2.62. The Hall–Kier alpha value is -4.69. The third-order valence-electron chi connectivity index (χ3n) is 16.0. The van der Waals surface area contributed by atoms with Crippen molar-refractivity contribution in [2.24, 2.45) is 0 Å². The summed E-state index contributed by atoms with van der Waals surface area (Å²) in [5.41, 5.74) is 5.92. The Kier molecular flexibility index (Phi) is 21.3. The second-order valence-electron chi connectivity index (χ2n) is 24.0. The zero-order valence-corrected chi connectivity index (χ0v) is 50.3. The smallest absolute Gasteiger partial charge is 0.224 e. The zero-order chi connectivity index (χ0) is 55.9. The maximum Gasteiger partial charge on any atom is 0.224 e. The molecule has 13 heteroatoms. The van der Waals surface area contributed by atoms with Crippen LogP contribution in [-0.4, -0.2) is 91.3 Å². The summed E-state index contributed by atoms with van der Waals surface area (Å²) < 4.78 is 79.9. The van der Waals surface area contributed by atoms with Crippen LogP contribution in [0.3, 0.4) is 0 Å². The summed E-state index contributed by atoms with van der Waals surface area (Å²) >= 11 is 0. The van der Waals surface area contributed by atoms with E-state index < -0.39 is 71.4 Å². The molecular formula is C66H86O11Si2. The van der Waals surface area contributed by atoms with E-state index in [0.717, 1.165) is 33.4 Å². The molecule has 424 valence electrons. The van der Waals surface area contributed by atoms with Gasteiger partial charge >= 0.3 is 0 Å². The van der Waals surface area contributed by atoms with Crippen LogP contribution in [-0.2, 0) is 91.1 Å². The van der Waals surface area contributed by atoms with E-state index in [2.05, 4.69) is 116 Å². The Morgan fingerprint density at radius 3 is 1.11 bits per heavy atom. The van der Waals surface area contributed by atoms with E-state index >= 15 is 0 Å². The van der Waals surface area contributed by atoms with Gasteiger partial charge in [-0.05, 0) is 69.6 Å². The molecule has 0 bridgehead atoms. The first-order valence-electron chi connectivity index (χ1n) is 28.1. The molecule has 79 heavy (non-hydrogen) atoms. The number of rotatable bonds is 27. The summed E-state index contributed by atoms with van der Waals surface area (Å²) in [6.45, 7) is 24.3. The van der Waals surface area contributed by atoms with E-state index in [1.807, 2.05) is 133 Å². The van der Waals surface area contributed by atoms with Crippen LogP contribution in [0.15, 0.2) is 182 Å². The summed E-state index contributed by atoms with van der Waals surface area (Å²) in [6.07, 6.45) is -6.57. The molecule has 8 rings (SSSR count). The fraction of sp³-hybridized carbons (Fsp3) is 0.455. The van der Waals surface area contributed by atoms with Crippen LogP contribution < -0.4 is 0 Å². The lowest BCUT2D eigenvalue weighted by atomic mass is 9.97. The van der Waals surface area contributed by atoms with Crippen LogP contribution in [0.4, 0.5) is 0 Å². The summed E-state index contributed by atoms with van der Waals surface area (Å²) in [5, 5.41) is -0.184. The molecule has 6 aromatic carbocycles. The third-order valence-corrected chi connectivity index (χ3v) is 25.0. The standard InChI is InChI=1S/C66H86O11Si2/c1-64(2,3)78(7,8)73-47-56-58(68-42-51-31-19-12-20-32-51)60(70-44-53-35-23-14-24-36-53)61(71-45-54-37-25-15-26-38-54)63(75-56)77-66(49-67-41-50-29-17-11-18-30-50)62(72-46-55-39-27-16-28-40-55)59(69-43-52-33-21-13-22-34-52)57(76-66)48-74-79(9,10)65(4,5)6/h11-40,56-63H,41-49H2,1-10H3/t56-,57-,58-,59-,60+,61-,62+,63-,66+/m1/s1. The molecule has 0 aromatic heterocycles. The molecule has 2 aliphatic heterocycles. The van der Waals surface area contributed by atoms with Crippen LogP contribution in [0.2, 0.25) is 36.3 Å². The SMILES string of the molecule is CC(C)(C)[Si](C)(C)OC[C@H]1O[C@@](COCc2ccccc2)(O[C@H]2O[C@H](CO[Si](C)(C)C(C)(C)C)[C@@H](OCc3ccccc3)[C@H](OCc3ccccc3)[C@H]2OCc2ccccc2)[C@@H](OCc2ccccc2)[C@@H]1OCc1ccccc1. The minimum atomic E-state index is -2.39. The molecule has 0 amide bonds. The normalized spacial score (nSPS) is 23.9. The van der Waals surface area contributed by atoms with Crippen molar-refractivity contribution in [2.45, 2.75) is 172 Å². The highest BCUT2D eigenvalue weighted by Crippen LogP contribution is 2.45. The van der Waals surface area contributed by atoms with Gasteiger partial charge in [0.1, 0.15) is 49.3 Å². The Balaban J connectivity index is 1.28. The van der Waals surface area contributed by atoms with E-state index in [0.29, 0.717) is 6.61 Å². The molecule has 0 unspecified atom stereocenters. The average Bonchev–Trinajstić information content (AvgIpc) is 4.04. The predicted octanol–water partition coefficient (Wildman–Crippen LogP) is 14.0. The number of benzene rings is 6. The first-order valence-corrected chi connectivity index (χ1v) is 33.9. The van der Waals surface area contributed by atoms with Gasteiger partial charge in [-0.25, -0.2) is 0 Å². The molecule has 11 nitrogen and oxygen atoms in total. The molecule has 2 aliphatic rings. The van der Waals surface area contributed by atoms with Crippen LogP contribution in [0, 0.1) is 0 Å². The van der Waals surface area contributed by atoms with Crippen molar-refractivity contribution in [3.63, 3.8) is 0 Å². The average molecular weight is 1110 g/mol. The maximum atomic E-state index is 7.79. The van der Waals surface area contributed by atoms with E-state index in [4.69, 9.17) is 51.5 Å². The van der Waals surface area contributed by atoms with Crippen molar-refractivity contribution in [3.8, 4) is 0 Å². The van der Waals surface area contributed by atoms with E-state index in [1.54, 1.807) is 0 Å². The van der Waals surface area contributed by atoms with Crippen LogP contribution >= 0.6 is 0 Å². The van der Waals surface area contributed by atoms with Gasteiger partial charge in [-0.3, -0.25) is 0 Å². The highest BCUT2D eigenvalue weighted by atomic mass is 28.4. The van der Waals surface area contributed by atoms with Gasteiger partial charge in [0, 0.05) is 0 Å². The van der Waals surface area contributed by atoms with Gasteiger partial charge < -0.3 is 51.5 Å². The Morgan fingerprint density at radius 2 is 0.722 bits per heavy atom. The number of hydrogen-bond acceptors (Lipinski definition) is 11. The van der Waals surface area contributed by atoms with E-state index in [9.17, 15) is 0 Å². The Labute approximate surface area is 473 Å². The summed E-state index contributed by atoms with van der Waals surface area (Å²) in [7, 11) is -4.75. The fourth-order valence-electron chi connectivity index (χ4n) is 9.22. The molecule has 0 radical (unpaired) electrons. The second-order valence-corrected chi connectivity index (χ2v) is 33.6. The molecule has 0 N–H and O–H groups in total. The molecule has 6 aromatic rings. The molecular weight excluding hydrogens is 1020 g/mol. The first-order chi connectivity index (χ1) is 37.9. The monoisotopic (exact) mass is 1110 g/mol. The van der Waals surface area contributed by atoms with Gasteiger partial charge in [0.2, 0.25) is 5.79 Å². The quantitative estimate of drug-likeness (QED) is 0.0461. The lowest BCUT2D eigenvalue weighted by Crippen LogP contribution is -2.65. The van der Waals surface area contributed by atoms with E-state index in [1.165, 1.54) is 0 Å². The summed E-state index contributed by atoms with van der Waals surface area (Å²) in [4.78, 5) is 0. The summed E-state index contributed by atoms with van der Waals surface area (Å²) in [6, 6.07) is 60.9. The molecule has 2 fully saturated rings. The molecule has 2 saturated heterocycles. The van der Waals surface area contributed by atoms with Crippen molar-refractivity contribution in [2.75, 3.05) is 19.8 Å². The predicted molar refractivity (Wildman–Crippen MR) is 315 cm³/mol. The van der Waals surface area contributed by atoms with Gasteiger partial charge in [-0.2, -0.15) is 0 Å². The minimum Gasteiger partial charge on any atom is -0.414 e. The highest BCUT2D eigenvalue weighted by molar-refractivity contribution is 6.74. The van der Waals surface area contributed by atoms with Gasteiger partial charge in [0.25, 0.3) is 0 Å². The third kappa shape index (κ3) is 16.7. The molecule has 0 saturated carbocycles. The summed E-state index contributed by atoms with van der Waals surface area (Å²) in [5.74, 6) is -1.70. The van der Waals surface area contributed by atoms with E-state index in [-0.39, 0.29) is 62.9 Å². The van der Waals surface area contributed by atoms with Crippen molar-refractivity contribution in [1.82, 2.24) is 0 Å². The lowest BCUT2D eigenvalue weighted by molar-refractivity contribution is -0.397. The number of ether oxygens (including phenoxy) is 9. The minimum absolute atomic E-state index is 0.0803. The topological polar surface area (TPSA) is 102 Å². The van der Waals surface area contributed by atoms with Crippen molar-refractivity contribution >= 4 is 16.6 Å². The van der Waals surface area contributed by atoms with Crippen LogP contribution in [0.1, 0.15) is 74.9 Å². The van der Waals surface area contributed by atoms with Gasteiger partial charge in [0.15, 0.2) is 22.9 Å². The second kappa shape index (κ2) is 27.9. The fourth-order valence-corrected chi connectivity index (χ4v) is 11.3. The van der Waals surface area contributed by atoms with Crippen molar-refractivity contribution in [3.05, 3.63) is 215 Å². The largest absolute Gasteiger partial charge is 0.414 e. The van der Waals surface area contributed by atoms with Crippen LogP contribution in [0.5, 0.6) is 0 Å². The maximum absolute atomic E-state index is 7.79. The molecule has 0 spiro atoms.